The van der Waals surface area contributed by atoms with E-state index in [1.807, 2.05) is 42.5 Å². The van der Waals surface area contributed by atoms with Crippen LogP contribution >= 0.6 is 11.8 Å². The summed E-state index contributed by atoms with van der Waals surface area (Å²) >= 11 is 1.65. The van der Waals surface area contributed by atoms with Crippen molar-refractivity contribution in [2.75, 3.05) is 5.32 Å². The van der Waals surface area contributed by atoms with E-state index >= 15 is 0 Å². The molecule has 0 atom stereocenters. The molecule has 80 valence electrons. The van der Waals surface area contributed by atoms with Gasteiger partial charge in [0.25, 0.3) is 0 Å². The Balaban J connectivity index is 2.40. The van der Waals surface area contributed by atoms with E-state index in [2.05, 4.69) is 24.5 Å². The Hall–Kier alpha value is -1.67. The molecule has 0 aromatic heterocycles. The molecule has 2 rings (SSSR count). The number of hydrogen-bond donors (Lipinski definition) is 1. The van der Waals surface area contributed by atoms with Crippen molar-refractivity contribution in [3.8, 4) is 0 Å². The number of nitrogens with one attached hydrogen (secondary N) is 1. The van der Waals surface area contributed by atoms with Crippen LogP contribution in [0.2, 0.25) is 0 Å². The minimum Gasteiger partial charge on any atom is -0.355 e. The number of thioether (sulfide) groups is 1. The van der Waals surface area contributed by atoms with Crippen molar-refractivity contribution in [2.24, 2.45) is 0 Å². The Labute approximate surface area is 100 Å². The van der Waals surface area contributed by atoms with Crippen LogP contribution in [-0.4, -0.2) is 0 Å². The molecule has 0 fully saturated rings. The normalized spacial score (nSPS) is 19.5. The summed E-state index contributed by atoms with van der Waals surface area (Å²) in [6, 6.07) is 8.15. The van der Waals surface area contributed by atoms with E-state index in [4.69, 9.17) is 0 Å². The third-order valence-corrected chi connectivity index (χ3v) is 3.09. The summed E-state index contributed by atoms with van der Waals surface area (Å²) in [4.78, 5) is 2.18. The number of allylic oxidation sites excluding steroid dienone is 4. The van der Waals surface area contributed by atoms with Crippen molar-refractivity contribution < 1.29 is 0 Å². The summed E-state index contributed by atoms with van der Waals surface area (Å²) in [5, 5.41) is 3.27. The molecule has 1 heterocycles. The molecule has 1 aliphatic heterocycles. The highest BCUT2D eigenvalue weighted by atomic mass is 32.2. The highest BCUT2D eigenvalue weighted by Crippen LogP contribution is 2.33. The third-order valence-electron chi connectivity index (χ3n) is 2.11. The van der Waals surface area contributed by atoms with Crippen LogP contribution in [-0.2, 0) is 0 Å². The summed E-state index contributed by atoms with van der Waals surface area (Å²) < 4.78 is 0. The van der Waals surface area contributed by atoms with Gasteiger partial charge >= 0.3 is 0 Å². The number of hydrogen-bond acceptors (Lipinski definition) is 2. The van der Waals surface area contributed by atoms with Gasteiger partial charge in [-0.3, -0.25) is 0 Å². The van der Waals surface area contributed by atoms with Gasteiger partial charge in [-0.1, -0.05) is 49.2 Å². The molecule has 0 amide bonds. The van der Waals surface area contributed by atoms with Crippen LogP contribution in [0.15, 0.2) is 77.2 Å². The van der Waals surface area contributed by atoms with E-state index in [9.17, 15) is 0 Å². The van der Waals surface area contributed by atoms with E-state index in [1.54, 1.807) is 11.8 Å². The Bertz CT molecular complexity index is 438. The zero-order valence-corrected chi connectivity index (χ0v) is 9.76. The molecule has 0 radical (unpaired) electrons. The predicted molar refractivity (Wildman–Crippen MR) is 72.5 cm³/mol. The molecule has 1 nitrogen and oxygen atoms in total. The summed E-state index contributed by atoms with van der Waals surface area (Å²) in [5.41, 5.74) is 1.95. The van der Waals surface area contributed by atoms with Gasteiger partial charge in [0.15, 0.2) is 0 Å². The largest absolute Gasteiger partial charge is 0.355 e. The van der Waals surface area contributed by atoms with Crippen molar-refractivity contribution in [2.45, 2.75) is 4.90 Å². The fourth-order valence-electron chi connectivity index (χ4n) is 1.38. The summed E-state index contributed by atoms with van der Waals surface area (Å²) in [6.45, 7) is 7.94. The molecule has 0 saturated carbocycles. The van der Waals surface area contributed by atoms with Gasteiger partial charge in [0.05, 0.1) is 5.69 Å². The highest BCUT2D eigenvalue weighted by Gasteiger charge is 2.04. The molecule has 0 saturated heterocycles. The first-order valence-corrected chi connectivity index (χ1v) is 5.84. The molecular weight excluding hydrogens is 214 g/mol. The van der Waals surface area contributed by atoms with Crippen LogP contribution in [0.25, 0.3) is 0 Å². The number of para-hydroxylation sites is 1. The minimum absolute atomic E-state index is 0.880. The van der Waals surface area contributed by atoms with Gasteiger partial charge in [-0.2, -0.15) is 0 Å². The van der Waals surface area contributed by atoms with Crippen LogP contribution < -0.4 is 5.32 Å². The maximum Gasteiger partial charge on any atom is 0.0525 e. The van der Waals surface area contributed by atoms with Gasteiger partial charge in [-0.05, 0) is 24.3 Å². The van der Waals surface area contributed by atoms with Gasteiger partial charge in [0, 0.05) is 15.5 Å². The van der Waals surface area contributed by atoms with Crippen molar-refractivity contribution in [1.29, 1.82) is 0 Å². The van der Waals surface area contributed by atoms with Crippen LogP contribution in [0.5, 0.6) is 0 Å². The predicted octanol–water partition coefficient (Wildman–Crippen LogP) is 4.34. The van der Waals surface area contributed by atoms with Crippen LogP contribution in [0, 0.1) is 0 Å². The van der Waals surface area contributed by atoms with E-state index in [0.29, 0.717) is 0 Å². The van der Waals surface area contributed by atoms with Gasteiger partial charge in [0.1, 0.15) is 0 Å². The second-order valence-corrected chi connectivity index (χ2v) is 4.60. The molecule has 0 bridgehead atoms. The average molecular weight is 227 g/mol. The van der Waals surface area contributed by atoms with Gasteiger partial charge in [0.2, 0.25) is 0 Å². The molecule has 1 aromatic carbocycles. The van der Waals surface area contributed by atoms with Gasteiger partial charge in [-0.15, -0.1) is 0 Å². The molecule has 0 aliphatic carbocycles. The fourth-order valence-corrected chi connectivity index (χ4v) is 2.19. The lowest BCUT2D eigenvalue weighted by Crippen LogP contribution is -1.96. The van der Waals surface area contributed by atoms with Crippen molar-refractivity contribution >= 4 is 17.4 Å². The molecule has 1 N–H and O–H groups in total. The zero-order chi connectivity index (χ0) is 11.4. The number of rotatable bonds is 0. The Morgan fingerprint density at radius 2 is 1.75 bits per heavy atom. The second kappa shape index (κ2) is 4.90. The second-order valence-electron chi connectivity index (χ2n) is 3.43. The Morgan fingerprint density at radius 1 is 1.00 bits per heavy atom. The average Bonchev–Trinajstić information content (AvgIpc) is 2.27. The first-order valence-electron chi connectivity index (χ1n) is 5.02. The van der Waals surface area contributed by atoms with Crippen molar-refractivity contribution in [3.63, 3.8) is 0 Å². The maximum atomic E-state index is 4.00. The van der Waals surface area contributed by atoms with Gasteiger partial charge in [-0.25, -0.2) is 0 Å². The molecular formula is C14H13NS. The molecule has 1 aromatic rings. The lowest BCUT2D eigenvalue weighted by Gasteiger charge is -2.12. The quantitative estimate of drug-likeness (QED) is 0.707. The number of benzene rings is 1. The van der Waals surface area contributed by atoms with Crippen LogP contribution in [0.4, 0.5) is 5.69 Å². The van der Waals surface area contributed by atoms with Crippen LogP contribution in [0.3, 0.4) is 0 Å². The zero-order valence-electron chi connectivity index (χ0n) is 8.94. The number of fused-ring (bicyclic) bond motifs is 1. The van der Waals surface area contributed by atoms with E-state index in [-0.39, 0.29) is 0 Å². The monoisotopic (exact) mass is 227 g/mol. The third kappa shape index (κ3) is 2.67. The Morgan fingerprint density at radius 3 is 2.62 bits per heavy atom. The van der Waals surface area contributed by atoms with Crippen molar-refractivity contribution in [3.05, 3.63) is 72.3 Å². The lowest BCUT2D eigenvalue weighted by atomic mass is 10.3. The summed E-state index contributed by atoms with van der Waals surface area (Å²) in [6.07, 6.45) is 7.86. The molecule has 2 heteroatoms. The molecule has 1 aliphatic rings. The van der Waals surface area contributed by atoms with Crippen molar-refractivity contribution in [1.82, 2.24) is 0 Å². The standard InChI is InChI=1S/C14H13NS/c1-11-7-3-4-8-12(2)16-14-10-6-5-9-13(14)15-11/h3-10,15H,1-2H2/b7-3-,8-4-. The smallest absolute Gasteiger partial charge is 0.0525 e. The molecule has 0 spiro atoms. The maximum absolute atomic E-state index is 4.00. The minimum atomic E-state index is 0.880. The van der Waals surface area contributed by atoms with Crippen LogP contribution in [0.1, 0.15) is 0 Å². The summed E-state index contributed by atoms with van der Waals surface area (Å²) in [5.74, 6) is 0. The highest BCUT2D eigenvalue weighted by molar-refractivity contribution is 8.03. The topological polar surface area (TPSA) is 12.0 Å². The molecule has 0 unspecified atom stereocenters. The number of anilines is 1. The lowest BCUT2D eigenvalue weighted by molar-refractivity contribution is 1.38. The SMILES string of the molecule is C=C1/C=C\C=C/C(=C)Sc2ccccc2N1. The van der Waals surface area contributed by atoms with E-state index in [0.717, 1.165) is 21.2 Å². The van der Waals surface area contributed by atoms with Gasteiger partial charge < -0.3 is 5.32 Å². The first-order chi connectivity index (χ1) is 7.75. The fraction of sp³-hybridized carbons (Fsp3) is 0. The summed E-state index contributed by atoms with van der Waals surface area (Å²) in [7, 11) is 0. The Kier molecular flexibility index (Phi) is 3.32. The molecule has 16 heavy (non-hydrogen) atoms. The first kappa shape index (κ1) is 10.8. The van der Waals surface area contributed by atoms with E-state index < -0.39 is 0 Å². The van der Waals surface area contributed by atoms with E-state index in [1.165, 1.54) is 0 Å².